The Bertz CT molecular complexity index is 555. The molecule has 1 aromatic rings. The Labute approximate surface area is 125 Å². The van der Waals surface area contributed by atoms with Crippen molar-refractivity contribution in [2.45, 2.75) is 38.4 Å². The molecule has 0 fully saturated rings. The summed E-state index contributed by atoms with van der Waals surface area (Å²) >= 11 is 0. The number of amides is 1. The van der Waals surface area contributed by atoms with Crippen LogP contribution in [-0.2, 0) is 11.0 Å². The largest absolute Gasteiger partial charge is 0.417 e. The summed E-state index contributed by atoms with van der Waals surface area (Å²) in [4.78, 5) is 25.2. The molecule has 0 saturated carbocycles. The van der Waals surface area contributed by atoms with E-state index in [1.807, 2.05) is 11.9 Å². The van der Waals surface area contributed by atoms with E-state index in [2.05, 4.69) is 5.32 Å². The topological polar surface area (TPSA) is 88.0 Å². The third-order valence-corrected chi connectivity index (χ3v) is 2.77. The molecule has 1 aromatic heterocycles. The van der Waals surface area contributed by atoms with E-state index >= 15 is 0 Å². The highest BCUT2D eigenvalue weighted by Gasteiger charge is 2.32. The molecule has 1 atom stereocenters. The zero-order valence-corrected chi connectivity index (χ0v) is 12.3. The van der Waals surface area contributed by atoms with Crippen molar-refractivity contribution in [2.24, 2.45) is 5.73 Å². The van der Waals surface area contributed by atoms with Gasteiger partial charge >= 0.3 is 6.18 Å². The number of nitrogens with two attached hydrogens (primary N) is 1. The fourth-order valence-corrected chi connectivity index (χ4v) is 1.64. The van der Waals surface area contributed by atoms with Crippen LogP contribution in [0.3, 0.4) is 0 Å². The summed E-state index contributed by atoms with van der Waals surface area (Å²) in [6.07, 6.45) is -3.10. The Morgan fingerprint density at radius 1 is 1.43 bits per heavy atom. The van der Waals surface area contributed by atoms with Crippen LogP contribution in [0.15, 0.2) is 17.1 Å². The summed E-state index contributed by atoms with van der Waals surface area (Å²) in [5.41, 5.74) is 2.14. The molecule has 1 unspecified atom stereocenters. The number of aromatic nitrogens is 1. The molecule has 0 bridgehead atoms. The van der Waals surface area contributed by atoms with Gasteiger partial charge in [-0.3, -0.25) is 9.59 Å². The summed E-state index contributed by atoms with van der Waals surface area (Å²) in [6.45, 7) is 3.27. The highest BCUT2D eigenvalue weighted by molar-refractivity contribution is 5.97. The monoisotopic (exact) mass is 327 g/mol. The van der Waals surface area contributed by atoms with Crippen molar-refractivity contribution >= 4 is 24.0 Å². The lowest BCUT2D eigenvalue weighted by Crippen LogP contribution is -2.48. The molecular weight excluding hydrogens is 311 g/mol. The molecule has 4 N–H and O–H groups in total. The minimum absolute atomic E-state index is 0. The van der Waals surface area contributed by atoms with E-state index in [-0.39, 0.29) is 12.4 Å². The second-order valence-corrected chi connectivity index (χ2v) is 4.75. The number of H-pyrrole nitrogens is 1. The van der Waals surface area contributed by atoms with Crippen LogP contribution in [0, 0.1) is 0 Å². The van der Waals surface area contributed by atoms with Crippen LogP contribution in [0.1, 0.15) is 32.3 Å². The second-order valence-electron chi connectivity index (χ2n) is 4.75. The minimum atomic E-state index is -4.61. The fraction of sp³-hybridized carbons (Fsp3) is 0.500. The van der Waals surface area contributed by atoms with Crippen molar-refractivity contribution in [2.75, 3.05) is 5.32 Å². The standard InChI is InChI=1S/C12H16F3N3O2.ClH/c1-3-4-11(2,16)10(20)18-8-5-7(12(13,14)15)6-17-9(8)19;/h5-6H,3-4,16H2,1-2H3,(H,17,19)(H,18,20);1H. The van der Waals surface area contributed by atoms with Gasteiger partial charge in [-0.2, -0.15) is 13.2 Å². The smallest absolute Gasteiger partial charge is 0.327 e. The molecule has 0 spiro atoms. The Kier molecular flexibility index (Phi) is 6.44. The molecule has 0 aliphatic rings. The van der Waals surface area contributed by atoms with Gasteiger partial charge in [-0.1, -0.05) is 13.3 Å². The summed E-state index contributed by atoms with van der Waals surface area (Å²) in [5.74, 6) is -0.704. The lowest BCUT2D eigenvalue weighted by molar-refractivity contribution is -0.137. The third-order valence-electron chi connectivity index (χ3n) is 2.77. The number of nitrogens with one attached hydrogen (secondary N) is 2. The van der Waals surface area contributed by atoms with Crippen molar-refractivity contribution in [1.82, 2.24) is 4.98 Å². The first-order valence-electron chi connectivity index (χ1n) is 5.98. The first-order valence-corrected chi connectivity index (χ1v) is 5.98. The summed E-state index contributed by atoms with van der Waals surface area (Å²) in [7, 11) is 0. The van der Waals surface area contributed by atoms with Gasteiger partial charge < -0.3 is 16.0 Å². The number of aromatic amines is 1. The number of pyridine rings is 1. The maximum Gasteiger partial charge on any atom is 0.417 e. The number of halogens is 4. The Hall–Kier alpha value is -1.54. The van der Waals surface area contributed by atoms with Gasteiger partial charge in [0.05, 0.1) is 11.1 Å². The first-order chi connectivity index (χ1) is 9.08. The zero-order valence-electron chi connectivity index (χ0n) is 11.5. The number of rotatable bonds is 4. The Morgan fingerprint density at radius 3 is 2.48 bits per heavy atom. The second kappa shape index (κ2) is 6.95. The Morgan fingerprint density at radius 2 is 2.00 bits per heavy atom. The number of carbonyl (C=O) groups is 1. The van der Waals surface area contributed by atoms with E-state index in [4.69, 9.17) is 5.73 Å². The van der Waals surface area contributed by atoms with Crippen LogP contribution in [0.4, 0.5) is 18.9 Å². The van der Waals surface area contributed by atoms with Crippen molar-refractivity contribution in [3.05, 3.63) is 28.2 Å². The van der Waals surface area contributed by atoms with Crippen LogP contribution >= 0.6 is 12.4 Å². The van der Waals surface area contributed by atoms with E-state index < -0.39 is 34.4 Å². The van der Waals surface area contributed by atoms with Gasteiger partial charge in [0.1, 0.15) is 5.69 Å². The van der Waals surface area contributed by atoms with Gasteiger partial charge in [-0.25, -0.2) is 0 Å². The summed E-state index contributed by atoms with van der Waals surface area (Å²) < 4.78 is 37.6. The number of alkyl halides is 3. The van der Waals surface area contributed by atoms with Crippen LogP contribution in [-0.4, -0.2) is 16.4 Å². The number of hydrogen-bond donors (Lipinski definition) is 3. The van der Waals surface area contributed by atoms with Crippen LogP contribution < -0.4 is 16.6 Å². The molecule has 1 amide bonds. The first kappa shape index (κ1) is 19.5. The normalized spacial score (nSPS) is 14.0. The third kappa shape index (κ3) is 5.05. The van der Waals surface area contributed by atoms with Gasteiger partial charge in [-0.05, 0) is 19.4 Å². The average Bonchev–Trinajstić information content (AvgIpc) is 2.30. The highest BCUT2D eigenvalue weighted by atomic mass is 35.5. The van der Waals surface area contributed by atoms with Crippen LogP contribution in [0.5, 0.6) is 0 Å². The number of hydrogen-bond acceptors (Lipinski definition) is 3. The molecule has 1 rings (SSSR count). The van der Waals surface area contributed by atoms with E-state index in [0.29, 0.717) is 25.1 Å². The van der Waals surface area contributed by atoms with Gasteiger partial charge in [-0.15, -0.1) is 12.4 Å². The molecule has 0 aromatic carbocycles. The minimum Gasteiger partial charge on any atom is -0.327 e. The fourth-order valence-electron chi connectivity index (χ4n) is 1.64. The van der Waals surface area contributed by atoms with Gasteiger partial charge in [0.25, 0.3) is 5.56 Å². The van der Waals surface area contributed by atoms with Crippen LogP contribution in [0.2, 0.25) is 0 Å². The predicted octanol–water partition coefficient (Wildman–Crippen LogP) is 2.27. The van der Waals surface area contributed by atoms with Crippen molar-refractivity contribution in [1.29, 1.82) is 0 Å². The van der Waals surface area contributed by atoms with Gasteiger partial charge in [0.2, 0.25) is 5.91 Å². The summed E-state index contributed by atoms with van der Waals surface area (Å²) in [5, 5.41) is 2.14. The van der Waals surface area contributed by atoms with E-state index in [0.717, 1.165) is 0 Å². The molecular formula is C12H17ClF3N3O2. The molecule has 0 aliphatic carbocycles. The maximum absolute atomic E-state index is 12.5. The Balaban J connectivity index is 0.00000400. The van der Waals surface area contributed by atoms with Gasteiger partial charge in [0, 0.05) is 6.20 Å². The van der Waals surface area contributed by atoms with Crippen molar-refractivity contribution < 1.29 is 18.0 Å². The lowest BCUT2D eigenvalue weighted by Gasteiger charge is -2.22. The van der Waals surface area contributed by atoms with E-state index in [1.54, 1.807) is 0 Å². The SMILES string of the molecule is CCCC(C)(N)C(=O)Nc1cc(C(F)(F)F)c[nH]c1=O.Cl. The maximum atomic E-state index is 12.5. The van der Waals surface area contributed by atoms with E-state index in [9.17, 15) is 22.8 Å². The van der Waals surface area contributed by atoms with Gasteiger partial charge in [0.15, 0.2) is 0 Å². The molecule has 9 heteroatoms. The van der Waals surface area contributed by atoms with E-state index in [1.165, 1.54) is 6.92 Å². The van der Waals surface area contributed by atoms with Crippen LogP contribution in [0.25, 0.3) is 0 Å². The zero-order chi connectivity index (χ0) is 15.6. The predicted molar refractivity (Wildman–Crippen MR) is 75.4 cm³/mol. The highest BCUT2D eigenvalue weighted by Crippen LogP contribution is 2.29. The molecule has 1 heterocycles. The molecule has 0 radical (unpaired) electrons. The molecule has 0 aliphatic heterocycles. The average molecular weight is 328 g/mol. The quantitative estimate of drug-likeness (QED) is 0.792. The molecule has 0 saturated heterocycles. The lowest BCUT2D eigenvalue weighted by atomic mass is 9.96. The summed E-state index contributed by atoms with van der Waals surface area (Å²) in [6, 6.07) is 0.582. The molecule has 21 heavy (non-hydrogen) atoms. The van der Waals surface area contributed by atoms with Crippen molar-refractivity contribution in [3.63, 3.8) is 0 Å². The molecule has 120 valence electrons. The molecule has 5 nitrogen and oxygen atoms in total. The number of anilines is 1. The number of carbonyl (C=O) groups excluding carboxylic acids is 1. The van der Waals surface area contributed by atoms with Crippen molar-refractivity contribution in [3.8, 4) is 0 Å².